The zero-order chi connectivity index (χ0) is 23.5. The van der Waals surface area contributed by atoms with Crippen LogP contribution in [0.2, 0.25) is 0 Å². The number of hydrogen-bond acceptors (Lipinski definition) is 8. The molecule has 32 heavy (non-hydrogen) atoms. The summed E-state index contributed by atoms with van der Waals surface area (Å²) in [5.74, 6) is -1.27. The molecule has 11 heteroatoms. The first-order valence-corrected chi connectivity index (χ1v) is 12.3. The highest BCUT2D eigenvalue weighted by molar-refractivity contribution is 7.92. The fourth-order valence-corrected chi connectivity index (χ4v) is 5.31. The predicted octanol–water partition coefficient (Wildman–Crippen LogP) is 3.27. The average molecular weight is 477 g/mol. The molecular formula is C21H24N4O5S2. The smallest absolute Gasteiger partial charge is 0.270 e. The van der Waals surface area contributed by atoms with Crippen molar-refractivity contribution in [3.63, 3.8) is 0 Å². The predicted molar refractivity (Wildman–Crippen MR) is 125 cm³/mol. The van der Waals surface area contributed by atoms with Crippen molar-refractivity contribution in [2.75, 3.05) is 37.8 Å². The van der Waals surface area contributed by atoms with E-state index < -0.39 is 26.4 Å². The topological polar surface area (TPSA) is 114 Å². The number of fused-ring (bicyclic) bond motifs is 1. The Labute approximate surface area is 190 Å². The van der Waals surface area contributed by atoms with Gasteiger partial charge in [-0.1, -0.05) is 29.0 Å². The highest BCUT2D eigenvalue weighted by Gasteiger charge is 2.26. The van der Waals surface area contributed by atoms with E-state index in [4.69, 9.17) is 0 Å². The van der Waals surface area contributed by atoms with Crippen LogP contribution in [0.3, 0.4) is 0 Å². The Morgan fingerprint density at radius 1 is 1.12 bits per heavy atom. The van der Waals surface area contributed by atoms with Crippen molar-refractivity contribution in [3.05, 3.63) is 58.1 Å². The summed E-state index contributed by atoms with van der Waals surface area (Å²) >= 11 is 1.13. The fourth-order valence-electron chi connectivity index (χ4n) is 3.07. The Kier molecular flexibility index (Phi) is 7.22. The summed E-state index contributed by atoms with van der Waals surface area (Å²) in [5, 5.41) is 11.4. The van der Waals surface area contributed by atoms with Gasteiger partial charge < -0.3 is 4.90 Å². The third-order valence-corrected chi connectivity index (χ3v) is 7.44. The number of amides is 1. The Balaban J connectivity index is 1.91. The van der Waals surface area contributed by atoms with Gasteiger partial charge in [-0.05, 0) is 52.2 Å². The number of hydrogen-bond donors (Lipinski definition) is 0. The molecule has 0 aliphatic carbocycles. The Bertz CT molecular complexity index is 1240. The normalized spacial score (nSPS) is 11.8. The summed E-state index contributed by atoms with van der Waals surface area (Å²) in [6.45, 7) is 2.83. The van der Waals surface area contributed by atoms with Crippen LogP contribution >= 0.6 is 11.3 Å². The zero-order valence-corrected chi connectivity index (χ0v) is 19.6. The molecule has 0 unspecified atom stereocenters. The summed E-state index contributed by atoms with van der Waals surface area (Å²) in [5.41, 5.74) is 1.37. The van der Waals surface area contributed by atoms with Gasteiger partial charge >= 0.3 is 0 Å². The zero-order valence-electron chi connectivity index (χ0n) is 18.0. The number of nitro benzene ring substituents is 1. The van der Waals surface area contributed by atoms with Crippen molar-refractivity contribution in [3.8, 4) is 0 Å². The molecule has 0 atom stereocenters. The number of carbonyl (C=O) groups excluding carboxylic acids is 1. The fraction of sp³-hybridized carbons (Fsp3) is 0.333. The number of anilines is 1. The van der Waals surface area contributed by atoms with E-state index in [0.29, 0.717) is 28.3 Å². The molecule has 170 valence electrons. The van der Waals surface area contributed by atoms with Gasteiger partial charge in [0.25, 0.3) is 5.69 Å². The molecule has 1 aromatic heterocycles. The van der Waals surface area contributed by atoms with Gasteiger partial charge in [-0.25, -0.2) is 13.4 Å². The van der Waals surface area contributed by atoms with Gasteiger partial charge in [0.05, 0.1) is 20.0 Å². The summed E-state index contributed by atoms with van der Waals surface area (Å²) in [6, 6.07) is 10.6. The van der Waals surface area contributed by atoms with Crippen molar-refractivity contribution in [2.24, 2.45) is 0 Å². The molecule has 0 fully saturated rings. The Hall–Kier alpha value is -2.89. The van der Waals surface area contributed by atoms with Gasteiger partial charge in [0, 0.05) is 18.7 Å². The lowest BCUT2D eigenvalue weighted by Gasteiger charge is -2.21. The summed E-state index contributed by atoms with van der Waals surface area (Å²) in [4.78, 5) is 31.6. The third-order valence-electron chi connectivity index (χ3n) is 4.78. The van der Waals surface area contributed by atoms with Crippen molar-refractivity contribution < 1.29 is 18.1 Å². The van der Waals surface area contributed by atoms with E-state index in [2.05, 4.69) is 4.98 Å². The van der Waals surface area contributed by atoms with Crippen LogP contribution in [-0.4, -0.2) is 62.1 Å². The molecule has 2 aromatic carbocycles. The highest BCUT2D eigenvalue weighted by Crippen LogP contribution is 2.32. The van der Waals surface area contributed by atoms with E-state index in [-0.39, 0.29) is 17.1 Å². The van der Waals surface area contributed by atoms with E-state index in [1.807, 2.05) is 25.9 Å². The van der Waals surface area contributed by atoms with Crippen LogP contribution in [0.1, 0.15) is 12.0 Å². The van der Waals surface area contributed by atoms with Crippen LogP contribution in [0.5, 0.6) is 0 Å². The van der Waals surface area contributed by atoms with Gasteiger partial charge in [0.15, 0.2) is 15.0 Å². The van der Waals surface area contributed by atoms with Crippen molar-refractivity contribution in [1.82, 2.24) is 9.88 Å². The number of sulfone groups is 1. The van der Waals surface area contributed by atoms with Crippen LogP contribution < -0.4 is 4.90 Å². The summed E-state index contributed by atoms with van der Waals surface area (Å²) in [6.07, 6.45) is 0.611. The molecule has 9 nitrogen and oxygen atoms in total. The quantitative estimate of drug-likeness (QED) is 0.344. The van der Waals surface area contributed by atoms with Crippen LogP contribution in [0.4, 0.5) is 10.8 Å². The maximum absolute atomic E-state index is 13.1. The largest absolute Gasteiger partial charge is 0.309 e. The molecule has 0 aliphatic heterocycles. The Morgan fingerprint density at radius 2 is 1.81 bits per heavy atom. The standard InChI is InChI=1S/C21H24N4O5S2/c1-15-5-8-17(9-6-15)32(29,30)14-20(26)24(12-4-11-23(2)3)21-22-18-10-7-16(25(27)28)13-19(18)31-21/h5-10,13H,4,11-12,14H2,1-3H3. The van der Waals surface area contributed by atoms with Crippen LogP contribution in [0.25, 0.3) is 10.2 Å². The number of rotatable bonds is 9. The van der Waals surface area contributed by atoms with Gasteiger partial charge in [0.2, 0.25) is 5.91 Å². The van der Waals surface area contributed by atoms with E-state index in [9.17, 15) is 23.3 Å². The van der Waals surface area contributed by atoms with Gasteiger partial charge in [-0.2, -0.15) is 0 Å². The number of benzene rings is 2. The molecule has 0 radical (unpaired) electrons. The van der Waals surface area contributed by atoms with Crippen LogP contribution in [0, 0.1) is 17.0 Å². The second kappa shape index (κ2) is 9.72. The first-order valence-electron chi connectivity index (χ1n) is 9.86. The third kappa shape index (κ3) is 5.67. The van der Waals surface area contributed by atoms with E-state index in [1.165, 1.54) is 35.2 Å². The van der Waals surface area contributed by atoms with Gasteiger partial charge in [0.1, 0.15) is 5.75 Å². The van der Waals surface area contributed by atoms with Gasteiger partial charge in [-0.15, -0.1) is 0 Å². The van der Waals surface area contributed by atoms with Crippen LogP contribution in [-0.2, 0) is 14.6 Å². The first-order chi connectivity index (χ1) is 15.1. The number of nitrogens with zero attached hydrogens (tertiary/aromatic N) is 4. The first kappa shape index (κ1) is 23.8. The number of nitro groups is 1. The molecule has 3 rings (SSSR count). The summed E-state index contributed by atoms with van der Waals surface area (Å²) in [7, 11) is -0.0176. The highest BCUT2D eigenvalue weighted by atomic mass is 32.2. The van der Waals surface area contributed by atoms with Crippen molar-refractivity contribution in [1.29, 1.82) is 0 Å². The molecule has 1 amide bonds. The van der Waals surface area contributed by atoms with Crippen molar-refractivity contribution >= 4 is 48.1 Å². The molecule has 0 spiro atoms. The molecule has 0 saturated heterocycles. The lowest BCUT2D eigenvalue weighted by molar-refractivity contribution is -0.384. The minimum Gasteiger partial charge on any atom is -0.309 e. The van der Waals surface area contributed by atoms with Crippen LogP contribution in [0.15, 0.2) is 47.4 Å². The molecule has 0 aliphatic rings. The number of aromatic nitrogens is 1. The van der Waals surface area contributed by atoms with E-state index in [0.717, 1.165) is 16.9 Å². The Morgan fingerprint density at radius 3 is 2.44 bits per heavy atom. The monoisotopic (exact) mass is 476 g/mol. The molecule has 0 N–H and O–H groups in total. The SMILES string of the molecule is Cc1ccc(S(=O)(=O)CC(=O)N(CCCN(C)C)c2nc3ccc([N+](=O)[O-])cc3s2)cc1. The molecule has 0 saturated carbocycles. The van der Waals surface area contributed by atoms with Crippen molar-refractivity contribution in [2.45, 2.75) is 18.2 Å². The lowest BCUT2D eigenvalue weighted by atomic mass is 10.2. The molecular weight excluding hydrogens is 452 g/mol. The minimum atomic E-state index is -3.83. The number of thiazole rings is 1. The van der Waals surface area contributed by atoms with E-state index >= 15 is 0 Å². The van der Waals surface area contributed by atoms with E-state index in [1.54, 1.807) is 12.1 Å². The van der Waals surface area contributed by atoms with Gasteiger partial charge in [-0.3, -0.25) is 19.8 Å². The maximum atomic E-state index is 13.1. The second-order valence-corrected chi connectivity index (χ2v) is 10.7. The minimum absolute atomic E-state index is 0.0693. The number of non-ortho nitro benzene ring substituents is 1. The molecule has 1 heterocycles. The average Bonchev–Trinajstić information content (AvgIpc) is 3.13. The lowest BCUT2D eigenvalue weighted by Crippen LogP contribution is -2.37. The molecule has 0 bridgehead atoms. The molecule has 3 aromatic rings. The second-order valence-electron chi connectivity index (χ2n) is 7.68. The number of carbonyl (C=O) groups is 1. The summed E-state index contributed by atoms with van der Waals surface area (Å²) < 4.78 is 26.2. The maximum Gasteiger partial charge on any atom is 0.270 e. The number of aryl methyl sites for hydroxylation is 1.